The van der Waals surface area contributed by atoms with Gasteiger partial charge in [0.05, 0.1) is 0 Å². The zero-order valence-electron chi connectivity index (χ0n) is 3.55. The first kappa shape index (κ1) is 4.09. The summed E-state index contributed by atoms with van der Waals surface area (Å²) in [4.78, 5) is 13.2. The van der Waals surface area contributed by atoms with E-state index < -0.39 is 0 Å². The van der Waals surface area contributed by atoms with E-state index in [9.17, 15) is 4.79 Å². The molecular formula is C4H3NO2. The van der Waals surface area contributed by atoms with Gasteiger partial charge in [0.2, 0.25) is 5.76 Å². The quantitative estimate of drug-likeness (QED) is 0.391. The van der Waals surface area contributed by atoms with Crippen molar-refractivity contribution in [1.29, 1.82) is 0 Å². The molecule has 0 unspecified atom stereocenters. The fourth-order valence-electron chi connectivity index (χ4n) is 0.315. The van der Waals surface area contributed by atoms with Crippen LogP contribution in [0, 0.1) is 0 Å². The fraction of sp³-hybridized carbons (Fsp3) is 0.250. The third-order valence-electron chi connectivity index (χ3n) is 0.618. The van der Waals surface area contributed by atoms with Gasteiger partial charge in [0.15, 0.2) is 12.3 Å². The summed E-state index contributed by atoms with van der Waals surface area (Å²) in [6, 6.07) is 0. The van der Waals surface area contributed by atoms with E-state index in [1.54, 1.807) is 5.94 Å². The fourth-order valence-corrected chi connectivity index (χ4v) is 0.315. The van der Waals surface area contributed by atoms with Crippen LogP contribution in [-0.2, 0) is 9.53 Å². The van der Waals surface area contributed by atoms with Crippen LogP contribution in [0.4, 0.5) is 0 Å². The van der Waals surface area contributed by atoms with Crippen molar-refractivity contribution in [3.63, 3.8) is 0 Å². The van der Waals surface area contributed by atoms with Gasteiger partial charge in [-0.15, -0.1) is 0 Å². The van der Waals surface area contributed by atoms with Crippen LogP contribution in [0.5, 0.6) is 0 Å². The SMILES string of the molecule is O=C=C1CN=CO1. The summed E-state index contributed by atoms with van der Waals surface area (Å²) in [5.74, 6) is 1.85. The van der Waals surface area contributed by atoms with Crippen LogP contribution >= 0.6 is 0 Å². The van der Waals surface area contributed by atoms with Crippen molar-refractivity contribution in [1.82, 2.24) is 0 Å². The molecule has 0 N–H and O–H groups in total. The van der Waals surface area contributed by atoms with Crippen molar-refractivity contribution in [2.24, 2.45) is 4.99 Å². The van der Waals surface area contributed by atoms with Crippen LogP contribution in [0.2, 0.25) is 0 Å². The lowest BCUT2D eigenvalue weighted by Crippen LogP contribution is -1.82. The molecule has 0 saturated carbocycles. The monoisotopic (exact) mass is 97.0 g/mol. The molecule has 1 aliphatic rings. The van der Waals surface area contributed by atoms with Crippen LogP contribution in [0.3, 0.4) is 0 Å². The molecule has 1 heterocycles. The molecule has 3 nitrogen and oxygen atoms in total. The second-order valence-electron chi connectivity index (χ2n) is 1.09. The van der Waals surface area contributed by atoms with Gasteiger partial charge in [-0.05, 0) is 0 Å². The van der Waals surface area contributed by atoms with Gasteiger partial charge in [-0.1, -0.05) is 0 Å². The third-order valence-corrected chi connectivity index (χ3v) is 0.618. The molecule has 0 fully saturated rings. The average molecular weight is 97.1 g/mol. The van der Waals surface area contributed by atoms with Crippen LogP contribution in [0.15, 0.2) is 10.8 Å². The average Bonchev–Trinajstić information content (AvgIpc) is 2.14. The number of hydrogen-bond acceptors (Lipinski definition) is 3. The summed E-state index contributed by atoms with van der Waals surface area (Å²) in [5, 5.41) is 0. The lowest BCUT2D eigenvalue weighted by molar-refractivity contribution is 0.452. The van der Waals surface area contributed by atoms with Gasteiger partial charge in [0.1, 0.15) is 6.54 Å². The lowest BCUT2D eigenvalue weighted by Gasteiger charge is -1.80. The van der Waals surface area contributed by atoms with Crippen LogP contribution < -0.4 is 0 Å². The van der Waals surface area contributed by atoms with Gasteiger partial charge >= 0.3 is 0 Å². The minimum Gasteiger partial charge on any atom is -0.437 e. The van der Waals surface area contributed by atoms with Gasteiger partial charge in [-0.2, -0.15) is 0 Å². The Kier molecular flexibility index (Phi) is 0.922. The maximum atomic E-state index is 9.64. The molecule has 0 saturated heterocycles. The molecule has 0 spiro atoms. The second kappa shape index (κ2) is 1.58. The topological polar surface area (TPSA) is 38.7 Å². The van der Waals surface area contributed by atoms with Gasteiger partial charge in [0.25, 0.3) is 0 Å². The van der Waals surface area contributed by atoms with Crippen molar-refractivity contribution in [3.05, 3.63) is 5.76 Å². The highest BCUT2D eigenvalue weighted by atomic mass is 16.5. The predicted molar refractivity (Wildman–Crippen MR) is 23.7 cm³/mol. The molecule has 1 aliphatic heterocycles. The molecule has 36 valence electrons. The van der Waals surface area contributed by atoms with Gasteiger partial charge in [0, 0.05) is 0 Å². The van der Waals surface area contributed by atoms with E-state index in [1.807, 2.05) is 0 Å². The number of rotatable bonds is 0. The number of hydrogen-bond donors (Lipinski definition) is 0. The second-order valence-corrected chi connectivity index (χ2v) is 1.09. The Morgan fingerprint density at radius 3 is 3.14 bits per heavy atom. The molecule has 7 heavy (non-hydrogen) atoms. The zero-order chi connectivity index (χ0) is 5.11. The van der Waals surface area contributed by atoms with Crippen molar-refractivity contribution >= 4 is 12.3 Å². The Balaban J connectivity index is 2.68. The molecule has 0 aromatic rings. The zero-order valence-corrected chi connectivity index (χ0v) is 3.55. The Morgan fingerprint density at radius 1 is 2.00 bits per heavy atom. The Morgan fingerprint density at radius 2 is 2.86 bits per heavy atom. The first-order valence-electron chi connectivity index (χ1n) is 1.82. The standard InChI is InChI=1S/C4H3NO2/c6-2-4-1-5-3-7-4/h3H,1H2. The van der Waals surface area contributed by atoms with Crippen molar-refractivity contribution in [3.8, 4) is 0 Å². The molecule has 3 heteroatoms. The first-order valence-corrected chi connectivity index (χ1v) is 1.82. The van der Waals surface area contributed by atoms with E-state index in [2.05, 4.69) is 9.73 Å². The number of ether oxygens (including phenoxy) is 1. The molecular weight excluding hydrogens is 94.0 g/mol. The Bertz CT molecular complexity index is 134. The largest absolute Gasteiger partial charge is 0.437 e. The predicted octanol–water partition coefficient (Wildman–Crippen LogP) is -0.240. The maximum Gasteiger partial charge on any atom is 0.210 e. The molecule has 0 aliphatic carbocycles. The summed E-state index contributed by atoms with van der Waals surface area (Å²) in [7, 11) is 0. The molecule has 0 atom stereocenters. The third kappa shape index (κ3) is 0.669. The summed E-state index contributed by atoms with van der Waals surface area (Å²) >= 11 is 0. The minimum absolute atomic E-state index is 0.264. The van der Waals surface area contributed by atoms with E-state index in [1.165, 1.54) is 6.40 Å². The summed E-state index contributed by atoms with van der Waals surface area (Å²) in [6.45, 7) is 0.351. The summed E-state index contributed by atoms with van der Waals surface area (Å²) < 4.78 is 4.50. The van der Waals surface area contributed by atoms with Crippen molar-refractivity contribution in [2.45, 2.75) is 0 Å². The number of aliphatic imine (C=N–C) groups is 1. The molecule has 0 amide bonds. The highest BCUT2D eigenvalue weighted by Gasteiger charge is 1.99. The molecule has 0 bridgehead atoms. The van der Waals surface area contributed by atoms with Gasteiger partial charge < -0.3 is 4.74 Å². The molecule has 0 radical (unpaired) electrons. The smallest absolute Gasteiger partial charge is 0.210 e. The number of carbonyl (C=O) groups excluding carboxylic acids is 1. The molecule has 1 rings (SSSR count). The lowest BCUT2D eigenvalue weighted by atomic mass is 10.6. The highest BCUT2D eigenvalue weighted by molar-refractivity contribution is 5.61. The molecule has 0 aromatic carbocycles. The first-order chi connectivity index (χ1) is 3.43. The van der Waals surface area contributed by atoms with E-state index in [0.29, 0.717) is 6.54 Å². The number of nitrogens with zero attached hydrogens (tertiary/aromatic N) is 1. The van der Waals surface area contributed by atoms with Gasteiger partial charge in [-0.3, -0.25) is 0 Å². The van der Waals surface area contributed by atoms with E-state index in [-0.39, 0.29) is 5.76 Å². The van der Waals surface area contributed by atoms with Crippen molar-refractivity contribution < 1.29 is 9.53 Å². The Labute approximate surface area is 40.3 Å². The maximum absolute atomic E-state index is 9.64. The van der Waals surface area contributed by atoms with Gasteiger partial charge in [-0.25, -0.2) is 9.79 Å². The Hall–Kier alpha value is -1.08. The summed E-state index contributed by atoms with van der Waals surface area (Å²) in [5.41, 5.74) is 0. The van der Waals surface area contributed by atoms with E-state index >= 15 is 0 Å². The molecule has 0 aromatic heterocycles. The normalized spacial score (nSPS) is 16.3. The van der Waals surface area contributed by atoms with Crippen LogP contribution in [-0.4, -0.2) is 18.9 Å². The minimum atomic E-state index is 0.264. The van der Waals surface area contributed by atoms with E-state index in [0.717, 1.165) is 0 Å². The van der Waals surface area contributed by atoms with Crippen molar-refractivity contribution in [2.75, 3.05) is 6.54 Å². The summed E-state index contributed by atoms with van der Waals surface area (Å²) in [6.07, 6.45) is 1.24. The van der Waals surface area contributed by atoms with E-state index in [4.69, 9.17) is 0 Å². The van der Waals surface area contributed by atoms with Crippen LogP contribution in [0.25, 0.3) is 0 Å². The van der Waals surface area contributed by atoms with Crippen LogP contribution in [0.1, 0.15) is 0 Å². The highest BCUT2D eigenvalue weighted by Crippen LogP contribution is 1.95.